The van der Waals surface area contributed by atoms with Crippen molar-refractivity contribution in [2.24, 2.45) is 5.10 Å². The van der Waals surface area contributed by atoms with Crippen molar-refractivity contribution < 1.29 is 9.72 Å². The van der Waals surface area contributed by atoms with Crippen LogP contribution in [0.5, 0.6) is 0 Å². The summed E-state index contributed by atoms with van der Waals surface area (Å²) in [6, 6.07) is 29.8. The van der Waals surface area contributed by atoms with Crippen molar-refractivity contribution in [1.29, 1.82) is 0 Å². The third-order valence-corrected chi connectivity index (χ3v) is 10.7. The molecule has 4 aromatic carbocycles. The van der Waals surface area contributed by atoms with Crippen LogP contribution < -0.4 is 5.01 Å². The van der Waals surface area contributed by atoms with Gasteiger partial charge in [0, 0.05) is 28.6 Å². The first-order valence-electron chi connectivity index (χ1n) is 11.9. The molecular formula is C29H19Cl2N3O3S2. The van der Waals surface area contributed by atoms with Crippen LogP contribution in [0.1, 0.15) is 29.2 Å². The van der Waals surface area contributed by atoms with Crippen LogP contribution in [0.15, 0.2) is 102 Å². The second-order valence-electron chi connectivity index (χ2n) is 9.05. The van der Waals surface area contributed by atoms with Gasteiger partial charge in [-0.2, -0.15) is 5.10 Å². The van der Waals surface area contributed by atoms with E-state index in [9.17, 15) is 14.9 Å². The number of hydrogen-bond donors (Lipinski definition) is 0. The summed E-state index contributed by atoms with van der Waals surface area (Å²) in [5.74, 6) is -0.214. The predicted molar refractivity (Wildman–Crippen MR) is 160 cm³/mol. The number of ketones is 1. The molecule has 0 N–H and O–H groups in total. The van der Waals surface area contributed by atoms with E-state index in [2.05, 4.69) is 6.07 Å². The fourth-order valence-corrected chi connectivity index (χ4v) is 8.88. The first kappa shape index (κ1) is 26.0. The van der Waals surface area contributed by atoms with E-state index in [0.717, 1.165) is 22.3 Å². The molecule has 1 atom stereocenters. The summed E-state index contributed by atoms with van der Waals surface area (Å²) >= 11 is 15.5. The van der Waals surface area contributed by atoms with Crippen LogP contribution in [0.25, 0.3) is 0 Å². The van der Waals surface area contributed by atoms with E-state index >= 15 is 0 Å². The van der Waals surface area contributed by atoms with Gasteiger partial charge >= 0.3 is 0 Å². The number of nitro groups is 1. The molecule has 4 aromatic rings. The van der Waals surface area contributed by atoms with E-state index in [1.54, 1.807) is 35.0 Å². The average molecular weight is 593 g/mol. The minimum atomic E-state index is -1.02. The number of para-hydroxylation sites is 2. The highest BCUT2D eigenvalue weighted by atomic mass is 35.5. The van der Waals surface area contributed by atoms with Crippen molar-refractivity contribution in [3.05, 3.63) is 139 Å². The predicted octanol–water partition coefficient (Wildman–Crippen LogP) is 8.21. The van der Waals surface area contributed by atoms with Gasteiger partial charge in [0.25, 0.3) is 5.69 Å². The normalized spacial score (nSPS) is 19.2. The molecule has 0 amide bonds. The highest BCUT2D eigenvalue weighted by molar-refractivity contribution is 8.27. The molecular weight excluding hydrogens is 573 g/mol. The van der Waals surface area contributed by atoms with Crippen molar-refractivity contribution in [2.45, 2.75) is 15.9 Å². The zero-order valence-electron chi connectivity index (χ0n) is 20.4. The lowest BCUT2D eigenvalue weighted by molar-refractivity contribution is -0.384. The first-order valence-corrected chi connectivity index (χ1v) is 14.3. The zero-order valence-corrected chi connectivity index (χ0v) is 23.5. The molecule has 0 fully saturated rings. The Kier molecular flexibility index (Phi) is 6.46. The molecule has 2 aliphatic rings. The third kappa shape index (κ3) is 4.05. The number of carbonyl (C=O) groups is 1. The number of rotatable bonds is 5. The Morgan fingerprint density at radius 2 is 1.38 bits per heavy atom. The van der Waals surface area contributed by atoms with Crippen LogP contribution in [0.4, 0.5) is 11.4 Å². The van der Waals surface area contributed by atoms with Crippen LogP contribution in [0.2, 0.25) is 10.0 Å². The lowest BCUT2D eigenvalue weighted by Gasteiger charge is -2.37. The second-order valence-corrected chi connectivity index (χ2v) is 12.8. The van der Waals surface area contributed by atoms with Crippen molar-refractivity contribution in [2.75, 3.05) is 5.01 Å². The van der Waals surface area contributed by atoms with Crippen molar-refractivity contribution in [3.63, 3.8) is 0 Å². The summed E-state index contributed by atoms with van der Waals surface area (Å²) in [6.07, 6.45) is 0. The molecule has 2 heterocycles. The molecule has 0 radical (unpaired) electrons. The number of nitro benzene ring substituents is 1. The fraction of sp³-hybridized carbons (Fsp3) is 0.103. The Bertz CT molecular complexity index is 1620. The van der Waals surface area contributed by atoms with Gasteiger partial charge < -0.3 is 0 Å². The minimum Gasteiger partial charge on any atom is -0.292 e. The molecule has 2 aliphatic heterocycles. The van der Waals surface area contributed by atoms with E-state index in [1.807, 2.05) is 66.7 Å². The lowest BCUT2D eigenvalue weighted by atomic mass is 9.82. The maximum atomic E-state index is 12.7. The van der Waals surface area contributed by atoms with E-state index in [1.165, 1.54) is 24.8 Å². The molecule has 10 heteroatoms. The molecule has 0 aromatic heterocycles. The highest BCUT2D eigenvalue weighted by Crippen LogP contribution is 2.71. The summed E-state index contributed by atoms with van der Waals surface area (Å²) in [5, 5.41) is 19.9. The Labute approximate surface area is 243 Å². The standard InChI is InChI=1S/C29H19Cl2N3O3S2/c1-18(35)27-32-33(25-8-4-5-9-26(25)34(36)37)29(38-27)24-7-3-2-6-23(24)28(39-29,19-10-14-21(30)15-11-19)20-12-16-22(31)17-13-20/h2-17H,1H3/t29-/m1/s1. The van der Waals surface area contributed by atoms with Crippen LogP contribution >= 0.6 is 46.7 Å². The van der Waals surface area contributed by atoms with Crippen LogP contribution in [0.3, 0.4) is 0 Å². The largest absolute Gasteiger partial charge is 0.294 e. The van der Waals surface area contributed by atoms with E-state index < -0.39 is 13.9 Å². The number of hydrogen-bond acceptors (Lipinski definition) is 7. The van der Waals surface area contributed by atoms with E-state index in [0.29, 0.717) is 15.7 Å². The van der Waals surface area contributed by atoms with Gasteiger partial charge in [0.2, 0.25) is 0 Å². The van der Waals surface area contributed by atoms with Crippen molar-refractivity contribution in [3.8, 4) is 0 Å². The van der Waals surface area contributed by atoms with Gasteiger partial charge in [-0.3, -0.25) is 14.9 Å². The van der Waals surface area contributed by atoms with Gasteiger partial charge in [-0.1, -0.05) is 107 Å². The SMILES string of the molecule is CC(=O)C1=NN(c2ccccc2[N+](=O)[O-])[C@]2(S1)SC(c1ccc(Cl)cc1)(c1ccc(Cl)cc1)c1ccccc12. The Morgan fingerprint density at radius 1 is 0.846 bits per heavy atom. The van der Waals surface area contributed by atoms with Crippen LogP contribution in [0, 0.1) is 10.1 Å². The van der Waals surface area contributed by atoms with Crippen molar-refractivity contribution >= 4 is 68.9 Å². The maximum Gasteiger partial charge on any atom is 0.294 e. The van der Waals surface area contributed by atoms with E-state index in [4.69, 9.17) is 28.3 Å². The summed E-state index contributed by atoms with van der Waals surface area (Å²) in [5.41, 5.74) is 4.00. The van der Waals surface area contributed by atoms with Crippen LogP contribution in [-0.4, -0.2) is 15.8 Å². The minimum absolute atomic E-state index is 0.0976. The molecule has 6 nitrogen and oxygen atoms in total. The zero-order chi connectivity index (χ0) is 27.4. The van der Waals surface area contributed by atoms with Gasteiger partial charge in [-0.05, 0) is 47.0 Å². The number of halogens is 2. The maximum absolute atomic E-state index is 12.7. The number of thioether (sulfide) groups is 2. The summed E-state index contributed by atoms with van der Waals surface area (Å²) in [4.78, 5) is 24.4. The lowest BCUT2D eigenvalue weighted by Crippen LogP contribution is -2.34. The number of hydrazone groups is 1. The van der Waals surface area contributed by atoms with Crippen LogP contribution in [-0.2, 0) is 13.7 Å². The molecule has 0 bridgehead atoms. The first-order chi connectivity index (χ1) is 18.8. The van der Waals surface area contributed by atoms with Gasteiger partial charge in [0.05, 0.1) is 9.67 Å². The quantitative estimate of drug-likeness (QED) is 0.172. The van der Waals surface area contributed by atoms with Gasteiger partial charge in [-0.25, -0.2) is 5.01 Å². The Hall–Kier alpha value is -3.30. The highest BCUT2D eigenvalue weighted by Gasteiger charge is 2.62. The summed E-state index contributed by atoms with van der Waals surface area (Å²) in [6.45, 7) is 1.46. The number of anilines is 1. The second kappa shape index (κ2) is 9.71. The molecule has 6 rings (SSSR count). The molecule has 0 unspecified atom stereocenters. The van der Waals surface area contributed by atoms with Crippen molar-refractivity contribution in [1.82, 2.24) is 0 Å². The average Bonchev–Trinajstić information content (AvgIpc) is 3.47. The number of fused-ring (bicyclic) bond motifs is 2. The molecule has 0 saturated carbocycles. The molecule has 0 aliphatic carbocycles. The fourth-order valence-electron chi connectivity index (χ4n) is 5.08. The third-order valence-electron chi connectivity index (χ3n) is 6.75. The smallest absolute Gasteiger partial charge is 0.292 e. The monoisotopic (exact) mass is 591 g/mol. The number of nitrogens with zero attached hydrogens (tertiary/aromatic N) is 3. The molecule has 0 saturated heterocycles. The summed E-state index contributed by atoms with van der Waals surface area (Å²) < 4.78 is -1.80. The van der Waals surface area contributed by atoms with E-state index in [-0.39, 0.29) is 16.5 Å². The molecule has 39 heavy (non-hydrogen) atoms. The number of Topliss-reactive ketones (excluding diaryl/α,β-unsaturated/α-hetero) is 1. The summed E-state index contributed by atoms with van der Waals surface area (Å²) in [7, 11) is 0. The number of benzene rings is 4. The number of carbonyl (C=O) groups excluding carboxylic acids is 1. The van der Waals surface area contributed by atoms with Gasteiger partial charge in [0.15, 0.2) is 15.0 Å². The Morgan fingerprint density at radius 3 is 1.95 bits per heavy atom. The van der Waals surface area contributed by atoms with Gasteiger partial charge in [0.1, 0.15) is 5.69 Å². The van der Waals surface area contributed by atoms with Gasteiger partial charge in [-0.15, -0.1) is 0 Å². The topological polar surface area (TPSA) is 75.8 Å². The Balaban J connectivity index is 1.67. The molecule has 194 valence electrons. The molecule has 1 spiro atoms.